The summed E-state index contributed by atoms with van der Waals surface area (Å²) in [6.07, 6.45) is -17.9. The molecular weight excluding hydrogens is 441 g/mol. The Kier molecular flexibility index (Phi) is 6.63. The first-order chi connectivity index (χ1) is 13.4. The molecule has 0 heterocycles. The number of hydrogen-bond acceptors (Lipinski definition) is 1. The van der Waals surface area contributed by atoms with Crippen molar-refractivity contribution in [1.82, 2.24) is 0 Å². The van der Waals surface area contributed by atoms with Crippen LogP contribution in [0.1, 0.15) is 38.5 Å². The maximum atomic E-state index is 14.3. The summed E-state index contributed by atoms with van der Waals surface area (Å²) in [5.74, 6) is -12.4. The average Bonchev–Trinajstić information content (AvgIpc) is 3.21. The number of fused-ring (bicyclic) bond motifs is 2. The smallest absolute Gasteiger partial charge is 0.374 e. The Labute approximate surface area is 164 Å². The van der Waals surface area contributed by atoms with Crippen molar-refractivity contribution in [3.05, 3.63) is 24.1 Å². The van der Waals surface area contributed by atoms with Crippen LogP contribution in [0.5, 0.6) is 0 Å². The Balaban J connectivity index is 2.41. The van der Waals surface area contributed by atoms with E-state index in [1.54, 1.807) is 0 Å². The van der Waals surface area contributed by atoms with Crippen LogP contribution in [-0.2, 0) is 0 Å². The van der Waals surface area contributed by atoms with Crippen molar-refractivity contribution < 1.29 is 53.4 Å². The normalized spacial score (nSPS) is 26.1. The molecule has 2 rings (SSSR count). The Morgan fingerprint density at radius 2 is 1.43 bits per heavy atom. The average molecular weight is 460 g/mol. The third-order valence-electron chi connectivity index (χ3n) is 6.22. The topological polar surface area (TPSA) is 20.2 Å². The van der Waals surface area contributed by atoms with E-state index in [1.807, 2.05) is 0 Å². The second kappa shape index (κ2) is 7.98. The fraction of sp³-hybridized carbons (Fsp3) is 0.778. The zero-order valence-electron chi connectivity index (χ0n) is 15.4. The molecule has 0 aromatic heterocycles. The molecule has 0 aromatic carbocycles. The van der Waals surface area contributed by atoms with Crippen LogP contribution in [0.15, 0.2) is 24.1 Å². The molecule has 4 atom stereocenters. The molecule has 2 saturated carbocycles. The summed E-state index contributed by atoms with van der Waals surface area (Å²) < 4.78 is 145. The zero-order valence-corrected chi connectivity index (χ0v) is 15.4. The van der Waals surface area contributed by atoms with Crippen LogP contribution in [0, 0.1) is 23.7 Å². The Hall–Kier alpha value is -1.33. The van der Waals surface area contributed by atoms with Gasteiger partial charge in [-0.05, 0) is 43.4 Å². The second-order valence-corrected chi connectivity index (χ2v) is 8.10. The molecule has 0 amide bonds. The van der Waals surface area contributed by atoms with Crippen LogP contribution in [0.4, 0.5) is 48.3 Å². The fourth-order valence-electron chi connectivity index (χ4n) is 4.60. The van der Waals surface area contributed by atoms with Crippen LogP contribution < -0.4 is 0 Å². The first-order valence-corrected chi connectivity index (χ1v) is 9.04. The van der Waals surface area contributed by atoms with Gasteiger partial charge in [-0.2, -0.15) is 48.3 Å². The molecular formula is C18H19F11O. The predicted molar refractivity (Wildman–Crippen MR) is 83.2 cm³/mol. The third kappa shape index (κ3) is 4.47. The van der Waals surface area contributed by atoms with Crippen LogP contribution in [0.25, 0.3) is 0 Å². The molecule has 4 unspecified atom stereocenters. The zero-order chi connectivity index (χ0) is 23.3. The monoisotopic (exact) mass is 460 g/mol. The first kappa shape index (κ1) is 24.9. The van der Waals surface area contributed by atoms with Gasteiger partial charge < -0.3 is 5.11 Å². The van der Waals surface area contributed by atoms with E-state index in [4.69, 9.17) is 0 Å². The van der Waals surface area contributed by atoms with Gasteiger partial charge in [0.15, 0.2) is 0 Å². The molecule has 0 saturated heterocycles. The molecule has 30 heavy (non-hydrogen) atoms. The van der Waals surface area contributed by atoms with Gasteiger partial charge in [0.05, 0.1) is 0 Å². The van der Waals surface area contributed by atoms with Crippen LogP contribution >= 0.6 is 0 Å². The molecule has 0 aromatic rings. The molecule has 0 aliphatic heterocycles. The van der Waals surface area contributed by atoms with Crippen LogP contribution in [-0.4, -0.2) is 29.0 Å². The maximum Gasteiger partial charge on any atom is 0.426 e. The quantitative estimate of drug-likeness (QED) is 0.322. The third-order valence-corrected chi connectivity index (χ3v) is 6.22. The van der Waals surface area contributed by atoms with Crippen LogP contribution in [0.3, 0.4) is 0 Å². The van der Waals surface area contributed by atoms with Gasteiger partial charge in [-0.1, -0.05) is 18.6 Å². The molecule has 2 aliphatic carbocycles. The molecule has 1 nitrogen and oxygen atoms in total. The summed E-state index contributed by atoms with van der Waals surface area (Å²) in [5, 5.41) is 9.28. The molecule has 2 fully saturated rings. The number of alkyl halides is 8. The minimum Gasteiger partial charge on any atom is -0.374 e. The summed E-state index contributed by atoms with van der Waals surface area (Å²) >= 11 is 0. The van der Waals surface area contributed by atoms with Crippen molar-refractivity contribution in [1.29, 1.82) is 0 Å². The van der Waals surface area contributed by atoms with Crippen LogP contribution in [0.2, 0.25) is 0 Å². The van der Waals surface area contributed by atoms with Gasteiger partial charge in [-0.15, -0.1) is 0 Å². The number of rotatable bonds is 7. The van der Waals surface area contributed by atoms with Gasteiger partial charge in [0.1, 0.15) is 0 Å². The highest BCUT2D eigenvalue weighted by Crippen LogP contribution is 2.55. The van der Waals surface area contributed by atoms with E-state index < -0.39 is 60.5 Å². The summed E-state index contributed by atoms with van der Waals surface area (Å²) in [4.78, 5) is 0. The van der Waals surface area contributed by atoms with Crippen molar-refractivity contribution >= 4 is 0 Å². The number of allylic oxidation sites excluding steroid dienone is 2. The minimum atomic E-state index is -6.46. The highest BCUT2D eigenvalue weighted by atomic mass is 19.4. The van der Waals surface area contributed by atoms with Gasteiger partial charge in [0.2, 0.25) is 5.83 Å². The van der Waals surface area contributed by atoms with E-state index in [2.05, 4.69) is 6.58 Å². The largest absolute Gasteiger partial charge is 0.426 e. The first-order valence-electron chi connectivity index (χ1n) is 9.04. The van der Waals surface area contributed by atoms with E-state index in [1.165, 1.54) is 0 Å². The van der Waals surface area contributed by atoms with E-state index in [-0.39, 0.29) is 17.4 Å². The Bertz CT molecular complexity index is 673. The molecule has 174 valence electrons. The number of hydrogen-bond donors (Lipinski definition) is 1. The SMILES string of the molecule is C=C(CC(CC(O)(C(F)(F)F)C(F)(F)F)C(F)(F)C(F)=C(F)F)C1CC2CCC1C2. The predicted octanol–water partition coefficient (Wildman–Crippen LogP) is 6.94. The molecule has 12 heteroatoms. The van der Waals surface area contributed by atoms with Crippen molar-refractivity contribution in [3.63, 3.8) is 0 Å². The summed E-state index contributed by atoms with van der Waals surface area (Å²) in [6, 6.07) is 0. The Morgan fingerprint density at radius 1 is 0.900 bits per heavy atom. The molecule has 0 spiro atoms. The van der Waals surface area contributed by atoms with Crippen molar-refractivity contribution in [2.24, 2.45) is 23.7 Å². The van der Waals surface area contributed by atoms with Crippen molar-refractivity contribution in [2.45, 2.75) is 62.4 Å². The van der Waals surface area contributed by atoms with Crippen molar-refractivity contribution in [2.75, 3.05) is 0 Å². The lowest BCUT2D eigenvalue weighted by atomic mass is 9.76. The summed E-state index contributed by atoms with van der Waals surface area (Å²) in [7, 11) is 0. The highest BCUT2D eigenvalue weighted by molar-refractivity contribution is 5.16. The maximum absolute atomic E-state index is 14.3. The molecule has 2 bridgehead atoms. The summed E-state index contributed by atoms with van der Waals surface area (Å²) in [6.45, 7) is 3.46. The standard InChI is InChI=1S/C18H19F11O/c1-8(12-6-9-2-3-10(12)5-9)4-11(16(22,23)13(19)14(20)21)7-15(30,17(24,25)26)18(27,28)29/h9-12,30H,1-7H2. The van der Waals surface area contributed by atoms with Gasteiger partial charge in [-0.25, -0.2) is 0 Å². The molecule has 2 aliphatic rings. The van der Waals surface area contributed by atoms with E-state index in [0.29, 0.717) is 19.3 Å². The number of halogens is 11. The Morgan fingerprint density at radius 3 is 1.80 bits per heavy atom. The van der Waals surface area contributed by atoms with E-state index in [0.717, 1.165) is 6.42 Å². The van der Waals surface area contributed by atoms with E-state index >= 15 is 0 Å². The van der Waals surface area contributed by atoms with Gasteiger partial charge in [-0.3, -0.25) is 0 Å². The van der Waals surface area contributed by atoms with Gasteiger partial charge in [0.25, 0.3) is 5.60 Å². The lowest BCUT2D eigenvalue weighted by molar-refractivity contribution is -0.375. The van der Waals surface area contributed by atoms with Gasteiger partial charge >= 0.3 is 24.4 Å². The second-order valence-electron chi connectivity index (χ2n) is 8.10. The summed E-state index contributed by atoms with van der Waals surface area (Å²) in [5.41, 5.74) is -5.80. The molecule has 1 N–H and O–H groups in total. The number of aliphatic hydroxyl groups is 1. The lowest BCUT2D eigenvalue weighted by Gasteiger charge is -2.38. The van der Waals surface area contributed by atoms with Gasteiger partial charge in [0, 0.05) is 12.3 Å². The fourth-order valence-corrected chi connectivity index (χ4v) is 4.60. The lowest BCUT2D eigenvalue weighted by Crippen LogP contribution is -2.59. The highest BCUT2D eigenvalue weighted by Gasteiger charge is 2.72. The van der Waals surface area contributed by atoms with E-state index in [9.17, 15) is 53.4 Å². The van der Waals surface area contributed by atoms with Crippen molar-refractivity contribution in [3.8, 4) is 0 Å². The minimum absolute atomic E-state index is 0.0563. The molecule has 0 radical (unpaired) electrons.